The van der Waals surface area contributed by atoms with E-state index < -0.39 is 11.7 Å². The fourth-order valence-corrected chi connectivity index (χ4v) is 2.27. The van der Waals surface area contributed by atoms with Crippen LogP contribution in [0.1, 0.15) is 47.0 Å². The molecule has 0 spiro atoms. The van der Waals surface area contributed by atoms with Crippen molar-refractivity contribution in [1.82, 2.24) is 4.90 Å². The van der Waals surface area contributed by atoms with Crippen molar-refractivity contribution in [2.24, 2.45) is 5.92 Å². The molecular weight excluding hydrogens is 242 g/mol. The molecule has 0 bridgehead atoms. The summed E-state index contributed by atoms with van der Waals surface area (Å²) in [4.78, 5) is 13.8. The summed E-state index contributed by atoms with van der Waals surface area (Å²) >= 11 is 0. The Labute approximate surface area is 116 Å². The van der Waals surface area contributed by atoms with E-state index in [9.17, 15) is 9.90 Å². The molecule has 1 N–H and O–H groups in total. The van der Waals surface area contributed by atoms with Crippen LogP contribution >= 0.6 is 0 Å². The molecule has 4 heteroatoms. The molecule has 0 aromatic carbocycles. The van der Waals surface area contributed by atoms with Gasteiger partial charge < -0.3 is 14.7 Å². The first-order chi connectivity index (χ1) is 8.69. The van der Waals surface area contributed by atoms with Gasteiger partial charge in [-0.25, -0.2) is 4.79 Å². The second-order valence-electron chi connectivity index (χ2n) is 6.47. The van der Waals surface area contributed by atoms with Gasteiger partial charge in [-0.2, -0.15) is 0 Å². The molecule has 2 unspecified atom stereocenters. The van der Waals surface area contributed by atoms with Crippen molar-refractivity contribution in [2.45, 2.75) is 58.7 Å². The van der Waals surface area contributed by atoms with Gasteiger partial charge in [-0.1, -0.05) is 6.58 Å². The van der Waals surface area contributed by atoms with E-state index in [1.807, 2.05) is 20.8 Å². The monoisotopic (exact) mass is 269 g/mol. The number of aliphatic hydroxyl groups excluding tert-OH is 1. The van der Waals surface area contributed by atoms with Crippen molar-refractivity contribution in [1.29, 1.82) is 0 Å². The van der Waals surface area contributed by atoms with Crippen molar-refractivity contribution < 1.29 is 14.6 Å². The molecular formula is C15H27NO3. The third-order valence-corrected chi connectivity index (χ3v) is 3.31. The number of ether oxygens (including phenoxy) is 1. The van der Waals surface area contributed by atoms with Crippen molar-refractivity contribution in [2.75, 3.05) is 13.1 Å². The quantitative estimate of drug-likeness (QED) is 0.801. The molecule has 0 aliphatic carbocycles. The highest BCUT2D eigenvalue weighted by Gasteiger charge is 2.28. The van der Waals surface area contributed by atoms with Crippen LogP contribution in [0.25, 0.3) is 0 Å². The number of likely N-dealkylation sites (tertiary alicyclic amines) is 1. The van der Waals surface area contributed by atoms with Crippen molar-refractivity contribution in [3.8, 4) is 0 Å². The zero-order valence-corrected chi connectivity index (χ0v) is 12.6. The summed E-state index contributed by atoms with van der Waals surface area (Å²) in [5.41, 5.74) is 0.392. The highest BCUT2D eigenvalue weighted by Crippen LogP contribution is 2.25. The average Bonchev–Trinajstić information content (AvgIpc) is 2.27. The molecule has 1 fully saturated rings. The van der Waals surface area contributed by atoms with Gasteiger partial charge in [0.15, 0.2) is 0 Å². The van der Waals surface area contributed by atoms with Crippen LogP contribution in [0.5, 0.6) is 0 Å². The van der Waals surface area contributed by atoms with Gasteiger partial charge >= 0.3 is 6.09 Å². The van der Waals surface area contributed by atoms with Crippen LogP contribution in [0, 0.1) is 5.92 Å². The summed E-state index contributed by atoms with van der Waals surface area (Å²) in [7, 11) is 0. The molecule has 1 heterocycles. The number of carbonyl (C=O) groups is 1. The first-order valence-corrected chi connectivity index (χ1v) is 7.02. The largest absolute Gasteiger partial charge is 0.444 e. The Morgan fingerprint density at radius 2 is 2.16 bits per heavy atom. The highest BCUT2D eigenvalue weighted by molar-refractivity contribution is 5.68. The maximum atomic E-state index is 12.0. The number of carbonyl (C=O) groups excluding carboxylic acids is 1. The van der Waals surface area contributed by atoms with Gasteiger partial charge in [0.05, 0.1) is 6.10 Å². The number of hydrogen-bond acceptors (Lipinski definition) is 3. The van der Waals surface area contributed by atoms with E-state index in [0.717, 1.165) is 31.4 Å². The maximum Gasteiger partial charge on any atom is 0.410 e. The molecule has 1 amide bonds. The average molecular weight is 269 g/mol. The number of aliphatic hydroxyl groups is 1. The SMILES string of the molecule is C=C(CC1CCCN(C(=O)OC(C)(C)C)C1)C(C)O. The minimum atomic E-state index is -0.475. The van der Waals surface area contributed by atoms with E-state index in [1.54, 1.807) is 11.8 Å². The predicted octanol–water partition coefficient (Wildman–Crippen LogP) is 2.96. The van der Waals surface area contributed by atoms with E-state index in [0.29, 0.717) is 12.5 Å². The Morgan fingerprint density at radius 1 is 1.53 bits per heavy atom. The third kappa shape index (κ3) is 5.64. The minimum absolute atomic E-state index is 0.236. The lowest BCUT2D eigenvalue weighted by Crippen LogP contribution is -2.43. The van der Waals surface area contributed by atoms with Gasteiger partial charge in [0.2, 0.25) is 0 Å². The predicted molar refractivity (Wildman–Crippen MR) is 76.0 cm³/mol. The number of hydrogen-bond donors (Lipinski definition) is 1. The van der Waals surface area contributed by atoms with Gasteiger partial charge in [0.1, 0.15) is 5.60 Å². The van der Waals surface area contributed by atoms with E-state index in [4.69, 9.17) is 4.74 Å². The summed E-state index contributed by atoms with van der Waals surface area (Å²) in [6.45, 7) is 12.7. The van der Waals surface area contributed by atoms with E-state index in [2.05, 4.69) is 6.58 Å². The van der Waals surface area contributed by atoms with Gasteiger partial charge in [0, 0.05) is 13.1 Å². The lowest BCUT2D eigenvalue weighted by molar-refractivity contribution is 0.0164. The van der Waals surface area contributed by atoms with Crippen LogP contribution in [-0.4, -0.2) is 40.9 Å². The van der Waals surface area contributed by atoms with E-state index in [-0.39, 0.29) is 6.09 Å². The molecule has 19 heavy (non-hydrogen) atoms. The molecule has 0 saturated carbocycles. The molecule has 1 rings (SSSR count). The Bertz CT molecular complexity index is 331. The molecule has 1 aliphatic heterocycles. The van der Waals surface area contributed by atoms with Crippen molar-refractivity contribution >= 4 is 6.09 Å². The van der Waals surface area contributed by atoms with E-state index >= 15 is 0 Å². The zero-order valence-electron chi connectivity index (χ0n) is 12.6. The molecule has 1 aliphatic rings. The number of rotatable bonds is 3. The Balaban J connectivity index is 2.50. The highest BCUT2D eigenvalue weighted by atomic mass is 16.6. The smallest absolute Gasteiger partial charge is 0.410 e. The molecule has 4 nitrogen and oxygen atoms in total. The minimum Gasteiger partial charge on any atom is -0.444 e. The molecule has 0 aromatic heterocycles. The molecule has 110 valence electrons. The van der Waals surface area contributed by atoms with Crippen molar-refractivity contribution in [3.05, 3.63) is 12.2 Å². The maximum absolute atomic E-state index is 12.0. The first kappa shape index (κ1) is 16.0. The van der Waals surface area contributed by atoms with Crippen LogP contribution in [0.2, 0.25) is 0 Å². The van der Waals surface area contributed by atoms with Crippen LogP contribution in [0.15, 0.2) is 12.2 Å². The zero-order chi connectivity index (χ0) is 14.6. The van der Waals surface area contributed by atoms with Crippen molar-refractivity contribution in [3.63, 3.8) is 0 Å². The number of amides is 1. The Kier molecular flexibility index (Phi) is 5.41. The van der Waals surface area contributed by atoms with Gasteiger partial charge in [-0.3, -0.25) is 0 Å². The standard InChI is InChI=1S/C15H27NO3/c1-11(12(2)17)9-13-7-6-8-16(10-13)14(18)19-15(3,4)5/h12-13,17H,1,6-10H2,2-5H3. The summed E-state index contributed by atoms with van der Waals surface area (Å²) in [5.74, 6) is 0.378. The van der Waals surface area contributed by atoms with Gasteiger partial charge in [-0.05, 0) is 58.4 Å². The molecule has 0 aromatic rings. The topological polar surface area (TPSA) is 49.8 Å². The lowest BCUT2D eigenvalue weighted by atomic mass is 9.90. The van der Waals surface area contributed by atoms with Crippen LogP contribution in [0.3, 0.4) is 0 Å². The second-order valence-corrected chi connectivity index (χ2v) is 6.47. The van der Waals surface area contributed by atoms with Crippen LogP contribution in [-0.2, 0) is 4.74 Å². The molecule has 1 saturated heterocycles. The normalized spacial score (nSPS) is 21.9. The summed E-state index contributed by atoms with van der Waals surface area (Å²) in [5, 5.41) is 9.47. The second kappa shape index (κ2) is 6.42. The fourth-order valence-electron chi connectivity index (χ4n) is 2.27. The molecule has 0 radical (unpaired) electrons. The van der Waals surface area contributed by atoms with Crippen LogP contribution in [0.4, 0.5) is 4.79 Å². The first-order valence-electron chi connectivity index (χ1n) is 7.02. The number of piperidine rings is 1. The molecule has 2 atom stereocenters. The third-order valence-electron chi connectivity index (χ3n) is 3.31. The summed E-state index contributed by atoms with van der Waals surface area (Å²) in [6.07, 6.45) is 2.12. The number of nitrogens with zero attached hydrogens (tertiary/aromatic N) is 1. The summed E-state index contributed by atoms with van der Waals surface area (Å²) in [6, 6.07) is 0. The fraction of sp³-hybridized carbons (Fsp3) is 0.800. The Morgan fingerprint density at radius 3 is 2.68 bits per heavy atom. The summed E-state index contributed by atoms with van der Waals surface area (Å²) < 4.78 is 5.39. The lowest BCUT2D eigenvalue weighted by Gasteiger charge is -2.34. The van der Waals surface area contributed by atoms with Gasteiger partial charge in [0.25, 0.3) is 0 Å². The van der Waals surface area contributed by atoms with Gasteiger partial charge in [-0.15, -0.1) is 0 Å². The Hall–Kier alpha value is -1.03. The van der Waals surface area contributed by atoms with E-state index in [1.165, 1.54) is 0 Å². The van der Waals surface area contributed by atoms with Crippen LogP contribution < -0.4 is 0 Å².